The van der Waals surface area contributed by atoms with Crippen molar-refractivity contribution in [2.24, 2.45) is 0 Å². The van der Waals surface area contributed by atoms with E-state index in [-0.39, 0.29) is 5.76 Å². The predicted molar refractivity (Wildman–Crippen MR) is 56.5 cm³/mol. The van der Waals surface area contributed by atoms with Gasteiger partial charge in [0, 0.05) is 5.03 Å². The van der Waals surface area contributed by atoms with E-state index in [1.165, 1.54) is 0 Å². The Kier molecular flexibility index (Phi) is 8.07. The predicted octanol–water partition coefficient (Wildman–Crippen LogP) is 4.17. The van der Waals surface area contributed by atoms with Gasteiger partial charge in [0.05, 0.1) is 0 Å². The van der Waals surface area contributed by atoms with E-state index in [0.29, 0.717) is 10.6 Å². The zero-order valence-electron chi connectivity index (χ0n) is 8.24. The van der Waals surface area contributed by atoms with Crippen molar-refractivity contribution in [1.29, 1.82) is 0 Å². The average Bonchev–Trinajstić information content (AvgIpc) is 2.05. The van der Waals surface area contributed by atoms with Crippen molar-refractivity contribution in [3.05, 3.63) is 35.1 Å². The van der Waals surface area contributed by atoms with E-state index < -0.39 is 0 Å². The van der Waals surface area contributed by atoms with Gasteiger partial charge in [-0.05, 0) is 25.0 Å². The molecule has 0 heterocycles. The highest BCUT2D eigenvalue weighted by Gasteiger charge is 2.00. The van der Waals surface area contributed by atoms with Crippen molar-refractivity contribution in [1.82, 2.24) is 0 Å². The maximum Gasteiger partial charge on any atom is 0.111 e. The lowest BCUT2D eigenvalue weighted by atomic mass is 10.1. The van der Waals surface area contributed by atoms with Gasteiger partial charge in [-0.3, -0.25) is 0 Å². The van der Waals surface area contributed by atoms with E-state index in [1.54, 1.807) is 13.8 Å². The molecular formula is C10H17ClO. The molecule has 0 fully saturated rings. The van der Waals surface area contributed by atoms with Gasteiger partial charge in [0.25, 0.3) is 0 Å². The van der Waals surface area contributed by atoms with E-state index in [1.807, 2.05) is 13.8 Å². The Hall–Kier alpha value is -0.690. The number of hydrogen-bond acceptors (Lipinski definition) is 1. The molecule has 1 nitrogen and oxygen atoms in total. The first-order valence-corrected chi connectivity index (χ1v) is 4.25. The first-order valence-electron chi connectivity index (χ1n) is 3.87. The first-order chi connectivity index (χ1) is 5.46. The fourth-order valence-corrected chi connectivity index (χ4v) is 0.562. The molecule has 0 aliphatic rings. The standard InChI is InChI=1S/C8H11ClO.C2H6/c1-5(7(3)9)6(2)8(4)10;1-2/h10H,3-4H2,1-2H3;1-2H3/b6-5-;. The lowest BCUT2D eigenvalue weighted by Gasteiger charge is -2.02. The summed E-state index contributed by atoms with van der Waals surface area (Å²) in [5.74, 6) is 0.0410. The van der Waals surface area contributed by atoms with Gasteiger partial charge >= 0.3 is 0 Å². The highest BCUT2D eigenvalue weighted by Crippen LogP contribution is 2.18. The van der Waals surface area contributed by atoms with Crippen LogP contribution in [0.5, 0.6) is 0 Å². The Morgan fingerprint density at radius 2 is 1.42 bits per heavy atom. The maximum absolute atomic E-state index is 8.89. The first kappa shape index (κ1) is 13.9. The summed E-state index contributed by atoms with van der Waals surface area (Å²) in [4.78, 5) is 0. The van der Waals surface area contributed by atoms with E-state index in [9.17, 15) is 0 Å². The number of rotatable bonds is 2. The van der Waals surface area contributed by atoms with Crippen LogP contribution in [-0.2, 0) is 0 Å². The van der Waals surface area contributed by atoms with Crippen molar-refractivity contribution < 1.29 is 5.11 Å². The molecule has 0 aromatic heterocycles. The Morgan fingerprint density at radius 3 is 1.50 bits per heavy atom. The van der Waals surface area contributed by atoms with Crippen molar-refractivity contribution in [2.45, 2.75) is 27.7 Å². The third-order valence-corrected chi connectivity index (χ3v) is 1.69. The van der Waals surface area contributed by atoms with Gasteiger partial charge in [-0.2, -0.15) is 0 Å². The summed E-state index contributed by atoms with van der Waals surface area (Å²) in [7, 11) is 0. The van der Waals surface area contributed by atoms with E-state index >= 15 is 0 Å². The molecule has 0 aromatic carbocycles. The number of aliphatic hydroxyl groups is 1. The van der Waals surface area contributed by atoms with E-state index in [0.717, 1.165) is 5.57 Å². The lowest BCUT2D eigenvalue weighted by Crippen LogP contribution is -1.86. The Balaban J connectivity index is 0. The van der Waals surface area contributed by atoms with Gasteiger partial charge in [-0.15, -0.1) is 0 Å². The van der Waals surface area contributed by atoms with Crippen LogP contribution in [0, 0.1) is 0 Å². The molecule has 0 aromatic rings. The molecule has 12 heavy (non-hydrogen) atoms. The summed E-state index contributed by atoms with van der Waals surface area (Å²) >= 11 is 5.56. The molecule has 0 saturated heterocycles. The topological polar surface area (TPSA) is 20.2 Å². The average molecular weight is 189 g/mol. The normalized spacial score (nSPS) is 10.8. The number of aliphatic hydroxyl groups excluding tert-OH is 1. The maximum atomic E-state index is 8.89. The molecule has 0 radical (unpaired) electrons. The van der Waals surface area contributed by atoms with Gasteiger partial charge in [0.2, 0.25) is 0 Å². The number of hydrogen-bond donors (Lipinski definition) is 1. The Bertz CT molecular complexity index is 180. The largest absolute Gasteiger partial charge is 0.508 e. The second-order valence-electron chi connectivity index (χ2n) is 2.10. The minimum Gasteiger partial charge on any atom is -0.508 e. The fraction of sp³-hybridized carbons (Fsp3) is 0.400. The highest BCUT2D eigenvalue weighted by atomic mass is 35.5. The van der Waals surface area contributed by atoms with Crippen molar-refractivity contribution >= 4 is 11.6 Å². The van der Waals surface area contributed by atoms with Crippen LogP contribution in [0.1, 0.15) is 27.7 Å². The van der Waals surface area contributed by atoms with Gasteiger partial charge < -0.3 is 5.11 Å². The molecule has 0 aliphatic heterocycles. The van der Waals surface area contributed by atoms with Gasteiger partial charge in [0.1, 0.15) is 5.76 Å². The van der Waals surface area contributed by atoms with Crippen LogP contribution in [0.15, 0.2) is 35.1 Å². The summed E-state index contributed by atoms with van der Waals surface area (Å²) in [5.41, 5.74) is 1.45. The molecule has 0 saturated carbocycles. The highest BCUT2D eigenvalue weighted by molar-refractivity contribution is 6.31. The van der Waals surface area contributed by atoms with E-state index in [4.69, 9.17) is 16.7 Å². The molecule has 0 spiro atoms. The molecule has 0 atom stereocenters. The van der Waals surface area contributed by atoms with Gasteiger partial charge in [-0.1, -0.05) is 38.6 Å². The molecule has 0 rings (SSSR count). The van der Waals surface area contributed by atoms with Crippen LogP contribution in [0.25, 0.3) is 0 Å². The van der Waals surface area contributed by atoms with Crippen molar-refractivity contribution in [2.75, 3.05) is 0 Å². The monoisotopic (exact) mass is 188 g/mol. The van der Waals surface area contributed by atoms with Crippen molar-refractivity contribution in [3.63, 3.8) is 0 Å². The van der Waals surface area contributed by atoms with Crippen molar-refractivity contribution in [3.8, 4) is 0 Å². The van der Waals surface area contributed by atoms with Crippen LogP contribution < -0.4 is 0 Å². The molecule has 1 N–H and O–H groups in total. The Morgan fingerprint density at radius 1 is 1.08 bits per heavy atom. The molecule has 0 bridgehead atoms. The quantitative estimate of drug-likeness (QED) is 0.509. The summed E-state index contributed by atoms with van der Waals surface area (Å²) < 4.78 is 0. The molecular weight excluding hydrogens is 172 g/mol. The summed E-state index contributed by atoms with van der Waals surface area (Å²) in [6, 6.07) is 0. The van der Waals surface area contributed by atoms with Gasteiger partial charge in [-0.25, -0.2) is 0 Å². The van der Waals surface area contributed by atoms with Crippen LogP contribution >= 0.6 is 11.6 Å². The zero-order valence-corrected chi connectivity index (χ0v) is 9.00. The van der Waals surface area contributed by atoms with Crippen LogP contribution in [0.2, 0.25) is 0 Å². The summed E-state index contributed by atoms with van der Waals surface area (Å²) in [6.45, 7) is 14.4. The zero-order chi connectivity index (χ0) is 10.3. The minimum atomic E-state index is 0.0410. The smallest absolute Gasteiger partial charge is 0.111 e. The van der Waals surface area contributed by atoms with Crippen LogP contribution in [-0.4, -0.2) is 5.11 Å². The number of halogens is 1. The minimum absolute atomic E-state index is 0.0410. The molecule has 0 amide bonds. The molecule has 0 unspecified atom stereocenters. The molecule has 70 valence electrons. The second-order valence-corrected chi connectivity index (χ2v) is 2.56. The SMILES string of the molecule is C=C(O)/C(C)=C(/C)C(=C)Cl.CC. The number of allylic oxidation sites excluding steroid dienone is 3. The van der Waals surface area contributed by atoms with E-state index in [2.05, 4.69) is 13.2 Å². The fourth-order valence-electron chi connectivity index (χ4n) is 0.420. The molecule has 0 aliphatic carbocycles. The third-order valence-electron chi connectivity index (χ3n) is 1.40. The van der Waals surface area contributed by atoms with Gasteiger partial charge in [0.15, 0.2) is 0 Å². The van der Waals surface area contributed by atoms with Crippen LogP contribution in [0.3, 0.4) is 0 Å². The Labute approximate surface area is 80.1 Å². The van der Waals surface area contributed by atoms with Crippen LogP contribution in [0.4, 0.5) is 0 Å². The lowest BCUT2D eigenvalue weighted by molar-refractivity contribution is 0.425. The second kappa shape index (κ2) is 6.99. The summed E-state index contributed by atoms with van der Waals surface area (Å²) in [5, 5.41) is 9.33. The third kappa shape index (κ3) is 5.03. The molecule has 2 heteroatoms. The summed E-state index contributed by atoms with van der Waals surface area (Å²) in [6.07, 6.45) is 0.